The lowest BCUT2D eigenvalue weighted by molar-refractivity contribution is 0.265. The standard InChI is InChI=1S/C8H10N2/c1-2-6-10-8(7-9)4-3-5-8/h1,10H,3-6H2. The fourth-order valence-corrected chi connectivity index (χ4v) is 1.08. The molecule has 0 aromatic heterocycles. The molecular weight excluding hydrogens is 124 g/mol. The molecular formula is C8H10N2. The highest BCUT2D eigenvalue weighted by atomic mass is 15.0. The Morgan fingerprint density at radius 2 is 2.30 bits per heavy atom. The molecule has 0 atom stereocenters. The van der Waals surface area contributed by atoms with Crippen LogP contribution in [0.3, 0.4) is 0 Å². The van der Waals surface area contributed by atoms with Crippen LogP contribution in [0, 0.1) is 23.7 Å². The topological polar surface area (TPSA) is 35.8 Å². The quantitative estimate of drug-likeness (QED) is 0.563. The van der Waals surface area contributed by atoms with E-state index >= 15 is 0 Å². The van der Waals surface area contributed by atoms with Gasteiger partial charge in [-0.1, -0.05) is 5.92 Å². The molecule has 1 N–H and O–H groups in total. The van der Waals surface area contributed by atoms with Crippen LogP contribution in [-0.4, -0.2) is 12.1 Å². The highest BCUT2D eigenvalue weighted by molar-refractivity contribution is 5.13. The second kappa shape index (κ2) is 2.73. The van der Waals surface area contributed by atoms with Crippen molar-refractivity contribution in [1.29, 1.82) is 5.26 Å². The molecule has 0 unspecified atom stereocenters. The first kappa shape index (κ1) is 7.12. The van der Waals surface area contributed by atoms with Crippen molar-refractivity contribution in [2.24, 2.45) is 0 Å². The summed E-state index contributed by atoms with van der Waals surface area (Å²) in [4.78, 5) is 0. The molecule has 1 rings (SSSR count). The minimum atomic E-state index is -0.271. The molecule has 10 heavy (non-hydrogen) atoms. The van der Waals surface area contributed by atoms with Gasteiger partial charge in [0.05, 0.1) is 12.6 Å². The minimum absolute atomic E-state index is 0.271. The monoisotopic (exact) mass is 134 g/mol. The maximum absolute atomic E-state index is 8.68. The summed E-state index contributed by atoms with van der Waals surface area (Å²) >= 11 is 0. The van der Waals surface area contributed by atoms with Crippen molar-refractivity contribution < 1.29 is 0 Å². The van der Waals surface area contributed by atoms with Crippen LogP contribution < -0.4 is 5.32 Å². The van der Waals surface area contributed by atoms with E-state index in [0.717, 1.165) is 19.3 Å². The van der Waals surface area contributed by atoms with E-state index in [4.69, 9.17) is 11.7 Å². The number of hydrogen-bond acceptors (Lipinski definition) is 2. The molecule has 0 bridgehead atoms. The predicted octanol–water partition coefficient (Wildman–Crippen LogP) is 0.655. The Bertz CT molecular complexity index is 190. The Morgan fingerprint density at radius 3 is 2.60 bits per heavy atom. The average molecular weight is 134 g/mol. The first-order valence-corrected chi connectivity index (χ1v) is 3.43. The molecule has 2 heteroatoms. The van der Waals surface area contributed by atoms with Gasteiger partial charge < -0.3 is 0 Å². The number of nitrogens with zero attached hydrogens (tertiary/aromatic N) is 1. The van der Waals surface area contributed by atoms with Crippen LogP contribution in [0.2, 0.25) is 0 Å². The SMILES string of the molecule is C#CCNC1(C#N)CCC1. The van der Waals surface area contributed by atoms with Crippen LogP contribution in [0.4, 0.5) is 0 Å². The van der Waals surface area contributed by atoms with E-state index in [1.54, 1.807) is 0 Å². The smallest absolute Gasteiger partial charge is 0.107 e. The first-order chi connectivity index (χ1) is 4.83. The van der Waals surface area contributed by atoms with Crippen molar-refractivity contribution in [3.05, 3.63) is 0 Å². The van der Waals surface area contributed by atoms with Crippen LogP contribution in [0.25, 0.3) is 0 Å². The molecule has 52 valence electrons. The Hall–Kier alpha value is -0.990. The Kier molecular flexibility index (Phi) is 1.94. The largest absolute Gasteiger partial charge is 0.288 e. The number of nitrogens with one attached hydrogen (secondary N) is 1. The lowest BCUT2D eigenvalue weighted by Crippen LogP contribution is -2.49. The maximum Gasteiger partial charge on any atom is 0.107 e. The van der Waals surface area contributed by atoms with Gasteiger partial charge >= 0.3 is 0 Å². The second-order valence-corrected chi connectivity index (χ2v) is 2.61. The summed E-state index contributed by atoms with van der Waals surface area (Å²) in [5.74, 6) is 2.46. The molecule has 2 nitrogen and oxygen atoms in total. The van der Waals surface area contributed by atoms with Gasteiger partial charge in [0.2, 0.25) is 0 Å². The Labute approximate surface area is 61.2 Å². The number of terminal acetylenes is 1. The lowest BCUT2D eigenvalue weighted by atomic mass is 9.78. The van der Waals surface area contributed by atoms with Crippen molar-refractivity contribution in [3.8, 4) is 18.4 Å². The summed E-state index contributed by atoms with van der Waals surface area (Å²) in [6, 6.07) is 2.24. The van der Waals surface area contributed by atoms with E-state index in [2.05, 4.69) is 17.3 Å². The molecule has 0 amide bonds. The molecule has 1 fully saturated rings. The lowest BCUT2D eigenvalue weighted by Gasteiger charge is -2.35. The molecule has 0 aliphatic heterocycles. The zero-order chi connectivity index (χ0) is 7.45. The van der Waals surface area contributed by atoms with Gasteiger partial charge in [-0.2, -0.15) is 5.26 Å². The molecule has 0 saturated heterocycles. The molecule has 0 aromatic rings. The van der Waals surface area contributed by atoms with Gasteiger partial charge in [0.15, 0.2) is 0 Å². The van der Waals surface area contributed by atoms with Gasteiger partial charge in [-0.05, 0) is 19.3 Å². The van der Waals surface area contributed by atoms with Crippen LogP contribution in [0.1, 0.15) is 19.3 Å². The van der Waals surface area contributed by atoms with E-state index in [0.29, 0.717) is 6.54 Å². The molecule has 1 aliphatic rings. The average Bonchev–Trinajstić information content (AvgIpc) is 1.87. The molecule has 0 aromatic carbocycles. The second-order valence-electron chi connectivity index (χ2n) is 2.61. The van der Waals surface area contributed by atoms with Crippen molar-refractivity contribution in [2.75, 3.05) is 6.54 Å². The number of hydrogen-bond donors (Lipinski definition) is 1. The third kappa shape index (κ3) is 1.12. The van der Waals surface area contributed by atoms with Gasteiger partial charge in [-0.3, -0.25) is 5.32 Å². The predicted molar refractivity (Wildman–Crippen MR) is 39.0 cm³/mol. The summed E-state index contributed by atoms with van der Waals surface area (Å²) in [7, 11) is 0. The van der Waals surface area contributed by atoms with Crippen molar-refractivity contribution in [1.82, 2.24) is 5.32 Å². The third-order valence-electron chi connectivity index (χ3n) is 1.95. The van der Waals surface area contributed by atoms with Crippen LogP contribution >= 0.6 is 0 Å². The zero-order valence-corrected chi connectivity index (χ0v) is 5.85. The molecule has 0 radical (unpaired) electrons. The van der Waals surface area contributed by atoms with Gasteiger partial charge in [0, 0.05) is 0 Å². The summed E-state index contributed by atoms with van der Waals surface area (Å²) in [6.45, 7) is 0.508. The summed E-state index contributed by atoms with van der Waals surface area (Å²) in [5, 5.41) is 11.7. The number of nitriles is 1. The molecule has 0 spiro atoms. The Balaban J connectivity index is 2.37. The van der Waals surface area contributed by atoms with Gasteiger partial charge in [-0.15, -0.1) is 6.42 Å². The van der Waals surface area contributed by atoms with Crippen molar-refractivity contribution in [2.45, 2.75) is 24.8 Å². The molecule has 0 heterocycles. The van der Waals surface area contributed by atoms with Gasteiger partial charge in [0.25, 0.3) is 0 Å². The zero-order valence-electron chi connectivity index (χ0n) is 5.85. The van der Waals surface area contributed by atoms with Gasteiger partial charge in [-0.25, -0.2) is 0 Å². The first-order valence-electron chi connectivity index (χ1n) is 3.43. The fourth-order valence-electron chi connectivity index (χ4n) is 1.08. The highest BCUT2D eigenvalue weighted by Crippen LogP contribution is 2.30. The summed E-state index contributed by atoms with van der Waals surface area (Å²) in [6.07, 6.45) is 8.09. The van der Waals surface area contributed by atoms with E-state index in [1.807, 2.05) is 0 Å². The normalized spacial score (nSPS) is 20.2. The van der Waals surface area contributed by atoms with Crippen molar-refractivity contribution in [3.63, 3.8) is 0 Å². The summed E-state index contributed by atoms with van der Waals surface area (Å²) < 4.78 is 0. The fraction of sp³-hybridized carbons (Fsp3) is 0.625. The van der Waals surface area contributed by atoms with Crippen LogP contribution in [-0.2, 0) is 0 Å². The van der Waals surface area contributed by atoms with Crippen molar-refractivity contribution >= 4 is 0 Å². The molecule has 1 saturated carbocycles. The van der Waals surface area contributed by atoms with E-state index in [1.165, 1.54) is 0 Å². The van der Waals surface area contributed by atoms with E-state index in [9.17, 15) is 0 Å². The number of rotatable bonds is 2. The molecule has 1 aliphatic carbocycles. The van der Waals surface area contributed by atoms with Gasteiger partial charge in [0.1, 0.15) is 5.54 Å². The van der Waals surface area contributed by atoms with E-state index < -0.39 is 0 Å². The minimum Gasteiger partial charge on any atom is -0.288 e. The summed E-state index contributed by atoms with van der Waals surface area (Å²) in [5.41, 5.74) is -0.271. The van der Waals surface area contributed by atoms with Crippen LogP contribution in [0.15, 0.2) is 0 Å². The Morgan fingerprint density at radius 1 is 1.60 bits per heavy atom. The van der Waals surface area contributed by atoms with E-state index in [-0.39, 0.29) is 5.54 Å². The highest BCUT2D eigenvalue weighted by Gasteiger charge is 2.35. The maximum atomic E-state index is 8.68. The third-order valence-corrected chi connectivity index (χ3v) is 1.95. The van der Waals surface area contributed by atoms with Crippen LogP contribution in [0.5, 0.6) is 0 Å².